The van der Waals surface area contributed by atoms with Crippen LogP contribution in [0.15, 0.2) is 40.0 Å². The smallest absolute Gasteiger partial charge is 0.200 e. The number of thioether (sulfide) groups is 1. The Morgan fingerprint density at radius 3 is 3.00 bits per heavy atom. The van der Waals surface area contributed by atoms with Gasteiger partial charge in [0.05, 0.1) is 12.1 Å². The Bertz CT molecular complexity index is 915. The molecule has 6 nitrogen and oxygen atoms in total. The van der Waals surface area contributed by atoms with E-state index in [0.29, 0.717) is 16.5 Å². The summed E-state index contributed by atoms with van der Waals surface area (Å²) in [5.74, 6) is 1.67. The van der Waals surface area contributed by atoms with Crippen LogP contribution in [0.25, 0.3) is 11.1 Å². The largest absolute Gasteiger partial charge is 0.440 e. The van der Waals surface area contributed by atoms with Crippen molar-refractivity contribution in [3.63, 3.8) is 0 Å². The zero-order valence-corrected chi connectivity index (χ0v) is 14.7. The SMILES string of the molecule is CSc1ncc(C#N)c(N2CCCC(c3nc4ccccc4o3)C2)n1. The van der Waals surface area contributed by atoms with Crippen molar-refractivity contribution in [1.29, 1.82) is 5.26 Å². The summed E-state index contributed by atoms with van der Waals surface area (Å²) in [6.45, 7) is 1.61. The lowest BCUT2D eigenvalue weighted by molar-refractivity contribution is 0.412. The van der Waals surface area contributed by atoms with Gasteiger partial charge < -0.3 is 9.32 Å². The van der Waals surface area contributed by atoms with Gasteiger partial charge in [-0.05, 0) is 31.2 Å². The van der Waals surface area contributed by atoms with Crippen LogP contribution in [0.2, 0.25) is 0 Å². The van der Waals surface area contributed by atoms with Gasteiger partial charge in [-0.25, -0.2) is 15.0 Å². The van der Waals surface area contributed by atoms with E-state index in [0.717, 1.165) is 42.9 Å². The summed E-state index contributed by atoms with van der Waals surface area (Å²) in [5.41, 5.74) is 2.22. The average molecular weight is 351 g/mol. The second kappa shape index (κ2) is 6.73. The van der Waals surface area contributed by atoms with E-state index in [2.05, 4.69) is 25.9 Å². The molecule has 0 bridgehead atoms. The van der Waals surface area contributed by atoms with Gasteiger partial charge in [-0.1, -0.05) is 23.9 Å². The summed E-state index contributed by atoms with van der Waals surface area (Å²) in [4.78, 5) is 15.6. The number of oxazole rings is 1. The molecule has 0 saturated carbocycles. The molecule has 1 aliphatic rings. The second-order valence-electron chi connectivity index (χ2n) is 6.01. The number of benzene rings is 1. The third kappa shape index (κ3) is 3.05. The van der Waals surface area contributed by atoms with Crippen LogP contribution in [0.1, 0.15) is 30.2 Å². The van der Waals surface area contributed by atoms with Crippen molar-refractivity contribution < 1.29 is 4.42 Å². The molecule has 126 valence electrons. The van der Waals surface area contributed by atoms with Gasteiger partial charge >= 0.3 is 0 Å². The van der Waals surface area contributed by atoms with Crippen molar-refractivity contribution in [3.8, 4) is 6.07 Å². The van der Waals surface area contributed by atoms with Gasteiger partial charge in [-0.3, -0.25) is 0 Å². The lowest BCUT2D eigenvalue weighted by atomic mass is 9.97. The number of nitrogens with zero attached hydrogens (tertiary/aromatic N) is 5. The van der Waals surface area contributed by atoms with Gasteiger partial charge in [0.2, 0.25) is 0 Å². The molecule has 1 saturated heterocycles. The molecule has 3 aromatic rings. The third-order valence-electron chi connectivity index (χ3n) is 4.43. The van der Waals surface area contributed by atoms with Crippen molar-refractivity contribution in [1.82, 2.24) is 15.0 Å². The van der Waals surface area contributed by atoms with Crippen molar-refractivity contribution in [2.75, 3.05) is 24.2 Å². The van der Waals surface area contributed by atoms with Crippen LogP contribution in [-0.4, -0.2) is 34.3 Å². The molecule has 1 fully saturated rings. The van der Waals surface area contributed by atoms with E-state index in [1.165, 1.54) is 11.8 Å². The van der Waals surface area contributed by atoms with Crippen molar-refractivity contribution in [2.45, 2.75) is 23.9 Å². The summed E-state index contributed by atoms with van der Waals surface area (Å²) in [5, 5.41) is 10.1. The molecular weight excluding hydrogens is 334 g/mol. The van der Waals surface area contributed by atoms with E-state index in [1.54, 1.807) is 6.20 Å². The molecule has 1 aliphatic heterocycles. The number of rotatable bonds is 3. The average Bonchev–Trinajstić information content (AvgIpc) is 3.12. The molecular formula is C18H17N5OS. The van der Waals surface area contributed by atoms with Gasteiger partial charge in [0.1, 0.15) is 17.1 Å². The molecule has 2 aromatic heterocycles. The summed E-state index contributed by atoms with van der Waals surface area (Å²) < 4.78 is 5.95. The molecule has 1 atom stereocenters. The van der Waals surface area contributed by atoms with E-state index in [9.17, 15) is 5.26 Å². The molecule has 7 heteroatoms. The first kappa shape index (κ1) is 15.9. The standard InChI is InChI=1S/C18H17N5OS/c1-25-18-20-10-13(9-19)16(22-18)23-8-4-5-12(11-23)17-21-14-6-2-3-7-15(14)24-17/h2-3,6-7,10,12H,4-5,8,11H2,1H3. The Labute approximate surface area is 149 Å². The molecule has 25 heavy (non-hydrogen) atoms. The molecule has 0 radical (unpaired) electrons. The fraction of sp³-hybridized carbons (Fsp3) is 0.333. The summed E-state index contributed by atoms with van der Waals surface area (Å²) >= 11 is 1.48. The van der Waals surface area contributed by atoms with Gasteiger partial charge in [-0.15, -0.1) is 0 Å². The first-order valence-corrected chi connectivity index (χ1v) is 9.42. The van der Waals surface area contributed by atoms with Crippen LogP contribution in [0.3, 0.4) is 0 Å². The highest BCUT2D eigenvalue weighted by molar-refractivity contribution is 7.98. The maximum atomic E-state index is 9.40. The monoisotopic (exact) mass is 351 g/mol. The minimum atomic E-state index is 0.195. The minimum Gasteiger partial charge on any atom is -0.440 e. The van der Waals surface area contributed by atoms with E-state index >= 15 is 0 Å². The van der Waals surface area contributed by atoms with E-state index in [4.69, 9.17) is 4.42 Å². The predicted molar refractivity (Wildman–Crippen MR) is 96.7 cm³/mol. The van der Waals surface area contributed by atoms with Gasteiger partial charge in [-0.2, -0.15) is 5.26 Å². The molecule has 1 unspecified atom stereocenters. The molecule has 3 heterocycles. The van der Waals surface area contributed by atoms with Crippen LogP contribution < -0.4 is 4.90 Å². The summed E-state index contributed by atoms with van der Waals surface area (Å²) in [7, 11) is 0. The molecule has 0 amide bonds. The third-order valence-corrected chi connectivity index (χ3v) is 4.99. The van der Waals surface area contributed by atoms with Crippen LogP contribution in [0, 0.1) is 11.3 Å². The maximum absolute atomic E-state index is 9.40. The van der Waals surface area contributed by atoms with Crippen molar-refractivity contribution >= 4 is 28.7 Å². The zero-order valence-electron chi connectivity index (χ0n) is 13.8. The Morgan fingerprint density at radius 2 is 2.20 bits per heavy atom. The molecule has 4 rings (SSSR count). The van der Waals surface area contributed by atoms with Crippen LogP contribution in [0.4, 0.5) is 5.82 Å². The lowest BCUT2D eigenvalue weighted by Gasteiger charge is -2.32. The number of hydrogen-bond acceptors (Lipinski definition) is 7. The Kier molecular flexibility index (Phi) is 4.28. The highest BCUT2D eigenvalue weighted by atomic mass is 32.2. The van der Waals surface area contributed by atoms with Crippen LogP contribution in [-0.2, 0) is 0 Å². The number of nitriles is 1. The van der Waals surface area contributed by atoms with E-state index < -0.39 is 0 Å². The van der Waals surface area contributed by atoms with Crippen LogP contribution >= 0.6 is 11.8 Å². The Hall–Kier alpha value is -2.59. The number of fused-ring (bicyclic) bond motifs is 1. The highest BCUT2D eigenvalue weighted by Crippen LogP contribution is 2.32. The minimum absolute atomic E-state index is 0.195. The van der Waals surface area contributed by atoms with Crippen LogP contribution in [0.5, 0.6) is 0 Å². The van der Waals surface area contributed by atoms with E-state index in [1.807, 2.05) is 30.5 Å². The number of hydrogen-bond donors (Lipinski definition) is 0. The number of anilines is 1. The van der Waals surface area contributed by atoms with Crippen molar-refractivity contribution in [3.05, 3.63) is 41.9 Å². The van der Waals surface area contributed by atoms with Gasteiger partial charge in [0.15, 0.2) is 22.4 Å². The number of piperidine rings is 1. The second-order valence-corrected chi connectivity index (χ2v) is 6.78. The normalized spacial score (nSPS) is 17.6. The summed E-state index contributed by atoms with van der Waals surface area (Å²) in [6, 6.07) is 10.0. The van der Waals surface area contributed by atoms with E-state index in [-0.39, 0.29) is 5.92 Å². The lowest BCUT2D eigenvalue weighted by Crippen LogP contribution is -2.35. The first-order chi connectivity index (χ1) is 12.3. The number of para-hydroxylation sites is 2. The Balaban J connectivity index is 1.64. The number of aromatic nitrogens is 3. The highest BCUT2D eigenvalue weighted by Gasteiger charge is 2.27. The van der Waals surface area contributed by atoms with Gasteiger partial charge in [0, 0.05) is 13.1 Å². The fourth-order valence-corrected chi connectivity index (χ4v) is 3.55. The molecule has 0 aliphatic carbocycles. The molecule has 1 aromatic carbocycles. The quantitative estimate of drug-likeness (QED) is 0.527. The molecule has 0 N–H and O–H groups in total. The predicted octanol–water partition coefficient (Wildman–Crippen LogP) is 3.60. The zero-order chi connectivity index (χ0) is 17.2. The van der Waals surface area contributed by atoms with Gasteiger partial charge in [0.25, 0.3) is 0 Å². The first-order valence-electron chi connectivity index (χ1n) is 8.20. The Morgan fingerprint density at radius 1 is 1.32 bits per heavy atom. The maximum Gasteiger partial charge on any atom is 0.200 e. The summed E-state index contributed by atoms with van der Waals surface area (Å²) in [6.07, 6.45) is 5.57. The fourth-order valence-electron chi connectivity index (χ4n) is 3.21. The topological polar surface area (TPSA) is 78.8 Å². The molecule has 0 spiro atoms. The van der Waals surface area contributed by atoms with Crippen molar-refractivity contribution in [2.24, 2.45) is 0 Å².